The molecule has 0 radical (unpaired) electrons. The molecule has 2 rings (SSSR count). The Labute approximate surface area is 134 Å². The van der Waals surface area contributed by atoms with E-state index >= 15 is 0 Å². The van der Waals surface area contributed by atoms with E-state index in [1.165, 1.54) is 0 Å². The van der Waals surface area contributed by atoms with E-state index in [0.29, 0.717) is 10.8 Å². The third-order valence-corrected chi connectivity index (χ3v) is 3.42. The van der Waals surface area contributed by atoms with Crippen LogP contribution in [0.25, 0.3) is 0 Å². The Bertz CT molecular complexity index is 670. The number of rotatable bonds is 5. The monoisotopic (exact) mass is 319 g/mol. The van der Waals surface area contributed by atoms with Crippen molar-refractivity contribution in [1.82, 2.24) is 10.4 Å². The zero-order valence-corrected chi connectivity index (χ0v) is 13.5. The van der Waals surface area contributed by atoms with Crippen LogP contribution in [0.4, 0.5) is 0 Å². The van der Waals surface area contributed by atoms with Crippen LogP contribution in [0.1, 0.15) is 23.7 Å². The van der Waals surface area contributed by atoms with Gasteiger partial charge in [-0.1, -0.05) is 11.6 Å². The van der Waals surface area contributed by atoms with Crippen LogP contribution in [0, 0.1) is 13.8 Å². The normalized spacial score (nSPS) is 11.4. The van der Waals surface area contributed by atoms with E-state index in [1.807, 2.05) is 27.0 Å². The quantitative estimate of drug-likeness (QED) is 0.656. The molecular formula is C16H18ClN3O2. The van der Waals surface area contributed by atoms with Crippen LogP contribution >= 0.6 is 11.6 Å². The lowest BCUT2D eigenvalue weighted by Gasteiger charge is -2.06. The van der Waals surface area contributed by atoms with E-state index in [9.17, 15) is 4.79 Å². The van der Waals surface area contributed by atoms with Gasteiger partial charge >= 0.3 is 0 Å². The number of hydrogen-bond donors (Lipinski definition) is 2. The number of nitrogens with one attached hydrogen (secondary N) is 2. The minimum atomic E-state index is -0.319. The summed E-state index contributed by atoms with van der Waals surface area (Å²) in [6.45, 7) is 5.70. The molecule has 0 atom stereocenters. The number of H-pyrrole nitrogens is 1. The number of carbonyl (C=O) groups is 1. The average molecular weight is 320 g/mol. The molecule has 0 aliphatic carbocycles. The maximum absolute atomic E-state index is 11.8. The lowest BCUT2D eigenvalue weighted by atomic mass is 10.1. The molecule has 5 nitrogen and oxygen atoms in total. The molecule has 22 heavy (non-hydrogen) atoms. The Kier molecular flexibility index (Phi) is 5.22. The van der Waals surface area contributed by atoms with Crippen LogP contribution in [0.15, 0.2) is 35.6 Å². The van der Waals surface area contributed by atoms with Crippen LogP contribution in [0.3, 0.4) is 0 Å². The Morgan fingerprint density at radius 1 is 1.32 bits per heavy atom. The predicted molar refractivity (Wildman–Crippen MR) is 87.6 cm³/mol. The molecule has 0 unspecified atom stereocenters. The first-order chi connectivity index (χ1) is 10.5. The van der Waals surface area contributed by atoms with Crippen molar-refractivity contribution in [1.29, 1.82) is 0 Å². The summed E-state index contributed by atoms with van der Waals surface area (Å²) >= 11 is 5.78. The van der Waals surface area contributed by atoms with Crippen molar-refractivity contribution in [2.24, 2.45) is 5.10 Å². The van der Waals surface area contributed by atoms with E-state index in [1.54, 1.807) is 24.3 Å². The van der Waals surface area contributed by atoms with Gasteiger partial charge in [-0.05, 0) is 50.6 Å². The zero-order chi connectivity index (χ0) is 16.1. The second-order valence-electron chi connectivity index (χ2n) is 4.95. The molecule has 0 saturated heterocycles. The molecule has 0 spiro atoms. The predicted octanol–water partition coefficient (Wildman–Crippen LogP) is 3.20. The molecular weight excluding hydrogens is 302 g/mol. The second kappa shape index (κ2) is 7.13. The molecule has 0 fully saturated rings. The van der Waals surface area contributed by atoms with Crippen LogP contribution in [-0.2, 0) is 4.79 Å². The van der Waals surface area contributed by atoms with Crippen molar-refractivity contribution in [2.75, 3.05) is 6.61 Å². The van der Waals surface area contributed by atoms with E-state index in [4.69, 9.17) is 16.3 Å². The molecule has 2 aromatic rings. The Morgan fingerprint density at radius 3 is 2.59 bits per heavy atom. The molecule has 0 aliphatic rings. The first kappa shape index (κ1) is 16.1. The van der Waals surface area contributed by atoms with Gasteiger partial charge < -0.3 is 9.72 Å². The van der Waals surface area contributed by atoms with E-state index in [-0.39, 0.29) is 12.5 Å². The van der Waals surface area contributed by atoms with Gasteiger partial charge in [0.15, 0.2) is 6.61 Å². The summed E-state index contributed by atoms with van der Waals surface area (Å²) in [7, 11) is 0. The fourth-order valence-electron chi connectivity index (χ4n) is 2.13. The number of halogens is 1. The van der Waals surface area contributed by atoms with E-state index < -0.39 is 0 Å². The summed E-state index contributed by atoms with van der Waals surface area (Å²) in [5.74, 6) is 0.262. The summed E-state index contributed by atoms with van der Waals surface area (Å²) in [5, 5.41) is 4.73. The summed E-state index contributed by atoms with van der Waals surface area (Å²) in [6.07, 6.45) is 1.91. The highest BCUT2D eigenvalue weighted by Crippen LogP contribution is 2.15. The second-order valence-corrected chi connectivity index (χ2v) is 5.38. The summed E-state index contributed by atoms with van der Waals surface area (Å²) < 4.78 is 5.35. The Balaban J connectivity index is 1.89. The number of aromatic nitrogens is 1. The number of hydrazone groups is 1. The van der Waals surface area contributed by atoms with Gasteiger partial charge in [0, 0.05) is 22.5 Å². The summed E-state index contributed by atoms with van der Waals surface area (Å²) in [4.78, 5) is 14.9. The largest absolute Gasteiger partial charge is 0.484 e. The minimum absolute atomic E-state index is 0.108. The SMILES string of the molecule is C/C(=N\NC(=O)COc1ccc(Cl)cc1)c1c(C)c[nH]c1C. The van der Waals surface area contributed by atoms with Crippen molar-refractivity contribution in [3.63, 3.8) is 0 Å². The fourth-order valence-corrected chi connectivity index (χ4v) is 2.25. The molecule has 0 aliphatic heterocycles. The highest BCUT2D eigenvalue weighted by atomic mass is 35.5. The third-order valence-electron chi connectivity index (χ3n) is 3.17. The number of hydrogen-bond acceptors (Lipinski definition) is 3. The van der Waals surface area contributed by atoms with Gasteiger partial charge in [-0.25, -0.2) is 5.43 Å². The van der Waals surface area contributed by atoms with Gasteiger partial charge in [-0.3, -0.25) is 4.79 Å². The first-order valence-corrected chi connectivity index (χ1v) is 7.21. The van der Waals surface area contributed by atoms with E-state index in [0.717, 1.165) is 22.5 Å². The van der Waals surface area contributed by atoms with E-state index in [2.05, 4.69) is 15.5 Å². The van der Waals surface area contributed by atoms with Crippen molar-refractivity contribution in [3.05, 3.63) is 52.3 Å². The lowest BCUT2D eigenvalue weighted by molar-refractivity contribution is -0.123. The molecule has 1 heterocycles. The number of aromatic amines is 1. The maximum Gasteiger partial charge on any atom is 0.277 e. The minimum Gasteiger partial charge on any atom is -0.484 e. The van der Waals surface area contributed by atoms with Gasteiger partial charge in [-0.2, -0.15) is 5.10 Å². The molecule has 0 saturated carbocycles. The lowest BCUT2D eigenvalue weighted by Crippen LogP contribution is -2.25. The molecule has 0 bridgehead atoms. The molecule has 2 N–H and O–H groups in total. The topological polar surface area (TPSA) is 66.5 Å². The first-order valence-electron chi connectivity index (χ1n) is 6.84. The number of aryl methyl sites for hydroxylation is 2. The van der Waals surface area contributed by atoms with Crippen molar-refractivity contribution < 1.29 is 9.53 Å². The van der Waals surface area contributed by atoms with Gasteiger partial charge in [0.05, 0.1) is 5.71 Å². The smallest absolute Gasteiger partial charge is 0.277 e. The highest BCUT2D eigenvalue weighted by Gasteiger charge is 2.08. The van der Waals surface area contributed by atoms with Crippen LogP contribution < -0.4 is 10.2 Å². The summed E-state index contributed by atoms with van der Waals surface area (Å²) in [6, 6.07) is 6.82. The molecule has 116 valence electrons. The van der Waals surface area contributed by atoms with Gasteiger partial charge in [-0.15, -0.1) is 0 Å². The average Bonchev–Trinajstić information content (AvgIpc) is 2.83. The zero-order valence-electron chi connectivity index (χ0n) is 12.7. The molecule has 1 amide bonds. The number of carbonyl (C=O) groups excluding carboxylic acids is 1. The van der Waals surface area contributed by atoms with Crippen LogP contribution in [0.2, 0.25) is 5.02 Å². The number of ether oxygens (including phenoxy) is 1. The summed E-state index contributed by atoms with van der Waals surface area (Å²) in [5.41, 5.74) is 6.36. The van der Waals surface area contributed by atoms with Gasteiger partial charge in [0.2, 0.25) is 0 Å². The molecule has 1 aromatic carbocycles. The van der Waals surface area contributed by atoms with Crippen molar-refractivity contribution >= 4 is 23.2 Å². The number of nitrogens with zero attached hydrogens (tertiary/aromatic N) is 1. The fraction of sp³-hybridized carbons (Fsp3) is 0.250. The highest BCUT2D eigenvalue weighted by molar-refractivity contribution is 6.30. The van der Waals surface area contributed by atoms with Crippen molar-refractivity contribution in [2.45, 2.75) is 20.8 Å². The standard InChI is InChI=1S/C16H18ClN3O2/c1-10-8-18-11(2)16(10)12(3)19-20-15(21)9-22-14-6-4-13(17)5-7-14/h4-8,18H,9H2,1-3H3,(H,20,21)/b19-12+. The number of benzene rings is 1. The molecule has 1 aromatic heterocycles. The Morgan fingerprint density at radius 2 is 2.00 bits per heavy atom. The third kappa shape index (κ3) is 4.11. The Hall–Kier alpha value is -2.27. The van der Waals surface area contributed by atoms with Crippen LogP contribution in [-0.4, -0.2) is 23.2 Å². The number of amides is 1. The van der Waals surface area contributed by atoms with Crippen LogP contribution in [0.5, 0.6) is 5.75 Å². The maximum atomic E-state index is 11.8. The molecule has 6 heteroatoms. The van der Waals surface area contributed by atoms with Gasteiger partial charge in [0.1, 0.15) is 5.75 Å². The van der Waals surface area contributed by atoms with Crippen molar-refractivity contribution in [3.8, 4) is 5.75 Å². The van der Waals surface area contributed by atoms with Gasteiger partial charge in [0.25, 0.3) is 5.91 Å².